The molecule has 1 aliphatic heterocycles. The van der Waals surface area contributed by atoms with Crippen molar-refractivity contribution in [3.8, 4) is 17.1 Å². The minimum Gasteiger partial charge on any atom is -0.497 e. The van der Waals surface area contributed by atoms with Gasteiger partial charge in [-0.25, -0.2) is 0 Å². The monoisotopic (exact) mass is 331 g/mol. The highest BCUT2D eigenvalue weighted by Gasteiger charge is 2.15. The van der Waals surface area contributed by atoms with Gasteiger partial charge >= 0.3 is 6.01 Å². The number of nitrogens with one attached hydrogen (secondary N) is 1. The third-order valence-corrected chi connectivity index (χ3v) is 4.39. The number of hydrogen-bond donors (Lipinski definition) is 1. The Kier molecular flexibility index (Phi) is 5.66. The fourth-order valence-electron chi connectivity index (χ4n) is 2.80. The molecular weight excluding hydrogens is 306 g/mol. The van der Waals surface area contributed by atoms with Gasteiger partial charge in [-0.2, -0.15) is 4.98 Å². The number of benzene rings is 1. The summed E-state index contributed by atoms with van der Waals surface area (Å²) in [6.07, 6.45) is 0. The number of methoxy groups -OCH3 is 1. The maximum absolute atomic E-state index is 5.27. The van der Waals surface area contributed by atoms with Crippen LogP contribution >= 0.6 is 0 Å². The van der Waals surface area contributed by atoms with Gasteiger partial charge < -0.3 is 19.5 Å². The first-order valence-electron chi connectivity index (χ1n) is 8.45. The van der Waals surface area contributed by atoms with Gasteiger partial charge in [0.15, 0.2) is 0 Å². The highest BCUT2D eigenvalue weighted by atomic mass is 16.5. The fraction of sp³-hybridized carbons (Fsp3) is 0.529. The number of piperazine rings is 1. The maximum atomic E-state index is 5.27. The van der Waals surface area contributed by atoms with Crippen molar-refractivity contribution in [2.75, 3.05) is 58.2 Å². The Morgan fingerprint density at radius 3 is 2.50 bits per heavy atom. The molecule has 7 heteroatoms. The Labute approximate surface area is 142 Å². The molecule has 130 valence electrons. The van der Waals surface area contributed by atoms with Crippen molar-refractivity contribution in [3.05, 3.63) is 24.3 Å². The molecule has 0 unspecified atom stereocenters. The van der Waals surface area contributed by atoms with Crippen LogP contribution in [0, 0.1) is 0 Å². The fourth-order valence-corrected chi connectivity index (χ4v) is 2.80. The zero-order chi connectivity index (χ0) is 16.8. The summed E-state index contributed by atoms with van der Waals surface area (Å²) in [6.45, 7) is 9.69. The van der Waals surface area contributed by atoms with E-state index in [0.717, 1.165) is 57.1 Å². The first-order valence-corrected chi connectivity index (χ1v) is 8.45. The zero-order valence-electron chi connectivity index (χ0n) is 14.4. The molecule has 24 heavy (non-hydrogen) atoms. The largest absolute Gasteiger partial charge is 0.497 e. The summed E-state index contributed by atoms with van der Waals surface area (Å²) in [7, 11) is 1.65. The molecule has 2 heterocycles. The first kappa shape index (κ1) is 16.7. The summed E-state index contributed by atoms with van der Waals surface area (Å²) in [5.74, 6) is 1.39. The Hall–Kier alpha value is -2.12. The molecular formula is C17H25N5O2. The van der Waals surface area contributed by atoms with E-state index in [1.165, 1.54) is 0 Å². The number of rotatable bonds is 7. The normalized spacial score (nSPS) is 16.2. The smallest absolute Gasteiger partial charge is 0.321 e. The van der Waals surface area contributed by atoms with Crippen molar-refractivity contribution in [3.63, 3.8) is 0 Å². The number of aromatic nitrogens is 2. The van der Waals surface area contributed by atoms with Gasteiger partial charge in [-0.1, -0.05) is 12.1 Å². The average molecular weight is 331 g/mol. The maximum Gasteiger partial charge on any atom is 0.321 e. The topological polar surface area (TPSA) is 66.7 Å². The molecule has 1 aliphatic rings. The predicted octanol–water partition coefficient (Wildman–Crippen LogP) is 1.79. The van der Waals surface area contributed by atoms with Gasteiger partial charge in [0, 0.05) is 44.8 Å². The van der Waals surface area contributed by atoms with Crippen LogP contribution in [0.2, 0.25) is 0 Å². The van der Waals surface area contributed by atoms with Gasteiger partial charge in [0.1, 0.15) is 5.75 Å². The molecule has 0 atom stereocenters. The number of likely N-dealkylation sites (N-methyl/N-ethyl adjacent to an activating group) is 1. The van der Waals surface area contributed by atoms with Gasteiger partial charge in [-0.15, -0.1) is 0 Å². The summed E-state index contributed by atoms with van der Waals surface area (Å²) >= 11 is 0. The lowest BCUT2D eigenvalue weighted by atomic mass is 10.2. The summed E-state index contributed by atoms with van der Waals surface area (Å²) in [5, 5.41) is 7.23. The van der Waals surface area contributed by atoms with Crippen molar-refractivity contribution in [2.24, 2.45) is 0 Å². The lowest BCUT2D eigenvalue weighted by molar-refractivity contribution is 0.141. The quantitative estimate of drug-likeness (QED) is 0.830. The molecule has 7 nitrogen and oxygen atoms in total. The molecule has 1 N–H and O–H groups in total. The molecule has 1 fully saturated rings. The van der Waals surface area contributed by atoms with Crippen LogP contribution in [0.4, 0.5) is 6.01 Å². The number of nitrogens with zero attached hydrogens (tertiary/aromatic N) is 4. The van der Waals surface area contributed by atoms with E-state index in [1.54, 1.807) is 7.11 Å². The van der Waals surface area contributed by atoms with E-state index in [4.69, 9.17) is 9.26 Å². The van der Waals surface area contributed by atoms with Gasteiger partial charge in [0.2, 0.25) is 5.82 Å². The zero-order valence-corrected chi connectivity index (χ0v) is 14.4. The summed E-state index contributed by atoms with van der Waals surface area (Å²) in [6, 6.07) is 8.07. The van der Waals surface area contributed by atoms with Crippen LogP contribution in [0.25, 0.3) is 11.4 Å². The average Bonchev–Trinajstić information content (AvgIpc) is 3.11. The molecule has 1 aromatic carbocycles. The third kappa shape index (κ3) is 4.24. The van der Waals surface area contributed by atoms with Crippen LogP contribution in [-0.4, -0.2) is 72.9 Å². The molecule has 0 aliphatic carbocycles. The number of anilines is 1. The van der Waals surface area contributed by atoms with Gasteiger partial charge in [-0.05, 0) is 30.8 Å². The summed E-state index contributed by atoms with van der Waals surface area (Å²) in [4.78, 5) is 9.32. The molecule has 0 amide bonds. The lowest BCUT2D eigenvalue weighted by Gasteiger charge is -2.33. The number of ether oxygens (including phenoxy) is 1. The van der Waals surface area contributed by atoms with E-state index in [1.807, 2.05) is 24.3 Å². The second-order valence-electron chi connectivity index (χ2n) is 5.85. The minimum atomic E-state index is 0.466. The highest BCUT2D eigenvalue weighted by Crippen LogP contribution is 2.20. The Morgan fingerprint density at radius 1 is 1.12 bits per heavy atom. The van der Waals surface area contributed by atoms with Gasteiger partial charge in [0.05, 0.1) is 7.11 Å². The molecule has 0 saturated carbocycles. The van der Waals surface area contributed by atoms with E-state index in [2.05, 4.69) is 32.2 Å². The van der Waals surface area contributed by atoms with Crippen molar-refractivity contribution in [1.82, 2.24) is 19.9 Å². The van der Waals surface area contributed by atoms with E-state index >= 15 is 0 Å². The molecule has 3 rings (SSSR count). The van der Waals surface area contributed by atoms with Crippen LogP contribution < -0.4 is 10.1 Å². The predicted molar refractivity (Wildman–Crippen MR) is 93.3 cm³/mol. The van der Waals surface area contributed by atoms with E-state index in [9.17, 15) is 0 Å². The van der Waals surface area contributed by atoms with Crippen LogP contribution in [0.3, 0.4) is 0 Å². The molecule has 1 aromatic heterocycles. The standard InChI is InChI=1S/C17H25N5O2/c1-3-21-10-12-22(13-11-21)9-8-18-17-19-16(20-24-17)14-4-6-15(23-2)7-5-14/h4-7H,3,8-13H2,1-2H3,(H,18,19,20). The molecule has 0 radical (unpaired) electrons. The van der Waals surface area contributed by atoms with Crippen LogP contribution in [0.5, 0.6) is 5.75 Å². The first-order chi connectivity index (χ1) is 11.8. The van der Waals surface area contributed by atoms with Crippen molar-refractivity contribution in [1.29, 1.82) is 0 Å². The highest BCUT2D eigenvalue weighted by molar-refractivity contribution is 5.56. The van der Waals surface area contributed by atoms with Crippen LogP contribution in [0.15, 0.2) is 28.8 Å². The van der Waals surface area contributed by atoms with Crippen LogP contribution in [0.1, 0.15) is 6.92 Å². The minimum absolute atomic E-state index is 0.466. The van der Waals surface area contributed by atoms with E-state index in [-0.39, 0.29) is 0 Å². The summed E-state index contributed by atoms with van der Waals surface area (Å²) < 4.78 is 10.4. The molecule has 0 spiro atoms. The van der Waals surface area contributed by atoms with Crippen LogP contribution in [-0.2, 0) is 0 Å². The van der Waals surface area contributed by atoms with Crippen molar-refractivity contribution >= 4 is 6.01 Å². The second-order valence-corrected chi connectivity index (χ2v) is 5.85. The van der Waals surface area contributed by atoms with E-state index in [0.29, 0.717) is 11.8 Å². The van der Waals surface area contributed by atoms with Gasteiger partial charge in [0.25, 0.3) is 0 Å². The summed E-state index contributed by atoms with van der Waals surface area (Å²) in [5.41, 5.74) is 0.906. The number of hydrogen-bond acceptors (Lipinski definition) is 7. The lowest BCUT2D eigenvalue weighted by Crippen LogP contribution is -2.47. The van der Waals surface area contributed by atoms with Gasteiger partial charge in [-0.3, -0.25) is 4.90 Å². The molecule has 0 bridgehead atoms. The molecule has 1 saturated heterocycles. The van der Waals surface area contributed by atoms with Crippen molar-refractivity contribution < 1.29 is 9.26 Å². The Bertz CT molecular complexity index is 620. The Balaban J connectivity index is 1.46. The van der Waals surface area contributed by atoms with Crippen molar-refractivity contribution in [2.45, 2.75) is 6.92 Å². The second kappa shape index (κ2) is 8.12. The SMILES string of the molecule is CCN1CCN(CCNc2nc(-c3ccc(OC)cc3)no2)CC1. The Morgan fingerprint density at radius 2 is 1.83 bits per heavy atom. The molecule has 2 aromatic rings. The third-order valence-electron chi connectivity index (χ3n) is 4.39. The van der Waals surface area contributed by atoms with E-state index < -0.39 is 0 Å².